The van der Waals surface area contributed by atoms with E-state index in [0.29, 0.717) is 25.3 Å². The van der Waals surface area contributed by atoms with Gasteiger partial charge in [0.15, 0.2) is 0 Å². The van der Waals surface area contributed by atoms with Gasteiger partial charge in [-0.25, -0.2) is 13.8 Å². The summed E-state index contributed by atoms with van der Waals surface area (Å²) in [7, 11) is 0. The van der Waals surface area contributed by atoms with E-state index in [1.54, 1.807) is 24.3 Å². The van der Waals surface area contributed by atoms with Crippen LogP contribution in [0.3, 0.4) is 0 Å². The summed E-state index contributed by atoms with van der Waals surface area (Å²) in [5.74, 6) is -0.560. The minimum Gasteiger partial charge on any atom is -0.335 e. The minimum absolute atomic E-state index is 0.0168. The van der Waals surface area contributed by atoms with E-state index in [1.807, 2.05) is 10.3 Å². The molecule has 1 aliphatic heterocycles. The second-order valence-corrected chi connectivity index (χ2v) is 9.19. The van der Waals surface area contributed by atoms with Crippen molar-refractivity contribution in [2.24, 2.45) is 0 Å². The van der Waals surface area contributed by atoms with Gasteiger partial charge in [0.1, 0.15) is 22.3 Å². The number of likely N-dealkylation sites (N-methyl/N-ethyl adjacent to an activating group) is 1. The van der Waals surface area contributed by atoms with E-state index in [4.69, 9.17) is 0 Å². The molecule has 1 fully saturated rings. The summed E-state index contributed by atoms with van der Waals surface area (Å²) in [5.41, 5.74) is 2.43. The highest BCUT2D eigenvalue weighted by Gasteiger charge is 2.23. The molecular formula is C25H28F2N4OS. The molecule has 33 heavy (non-hydrogen) atoms. The van der Waals surface area contributed by atoms with Crippen molar-refractivity contribution in [3.05, 3.63) is 87.4 Å². The monoisotopic (exact) mass is 470 g/mol. The lowest BCUT2D eigenvalue weighted by Gasteiger charge is -2.33. The van der Waals surface area contributed by atoms with Crippen molar-refractivity contribution in [1.82, 2.24) is 19.7 Å². The lowest BCUT2D eigenvalue weighted by Crippen LogP contribution is -2.48. The van der Waals surface area contributed by atoms with Crippen molar-refractivity contribution < 1.29 is 13.6 Å². The summed E-state index contributed by atoms with van der Waals surface area (Å²) in [5, 5.41) is 2.67. The van der Waals surface area contributed by atoms with Gasteiger partial charge in [0, 0.05) is 44.6 Å². The number of thiazole rings is 1. The number of amides is 1. The summed E-state index contributed by atoms with van der Waals surface area (Å²) in [4.78, 5) is 23.9. The molecule has 2 heterocycles. The molecule has 3 aromatic rings. The Kier molecular flexibility index (Phi) is 7.80. The normalized spacial score (nSPS) is 14.7. The van der Waals surface area contributed by atoms with Gasteiger partial charge in [-0.1, -0.05) is 31.2 Å². The van der Waals surface area contributed by atoms with Crippen molar-refractivity contribution in [3.63, 3.8) is 0 Å². The van der Waals surface area contributed by atoms with Crippen molar-refractivity contribution >= 4 is 17.2 Å². The van der Waals surface area contributed by atoms with Gasteiger partial charge in [-0.05, 0) is 41.9 Å². The van der Waals surface area contributed by atoms with Gasteiger partial charge in [-0.3, -0.25) is 9.69 Å². The summed E-state index contributed by atoms with van der Waals surface area (Å²) in [6.07, 6.45) is 0. The molecule has 1 aliphatic rings. The summed E-state index contributed by atoms with van der Waals surface area (Å²) in [6.45, 7) is 8.07. The third kappa shape index (κ3) is 6.43. The molecule has 0 N–H and O–H groups in total. The Balaban J connectivity index is 1.45. The number of rotatable bonds is 8. The van der Waals surface area contributed by atoms with Crippen LogP contribution in [0, 0.1) is 11.6 Å². The second kappa shape index (κ2) is 11.0. The summed E-state index contributed by atoms with van der Waals surface area (Å²) < 4.78 is 26.7. The number of benzene rings is 2. The first-order chi connectivity index (χ1) is 16.0. The number of nitrogens with zero attached hydrogens (tertiary/aromatic N) is 4. The molecule has 5 nitrogen and oxygen atoms in total. The zero-order chi connectivity index (χ0) is 23.2. The van der Waals surface area contributed by atoms with Gasteiger partial charge in [0.2, 0.25) is 0 Å². The Hall–Kier alpha value is -2.68. The average Bonchev–Trinajstić information content (AvgIpc) is 3.30. The fourth-order valence-corrected chi connectivity index (χ4v) is 4.78. The molecule has 1 aromatic heterocycles. The molecule has 174 valence electrons. The zero-order valence-electron chi connectivity index (χ0n) is 18.7. The van der Waals surface area contributed by atoms with Crippen LogP contribution in [-0.2, 0) is 19.6 Å². The average molecular weight is 471 g/mol. The van der Waals surface area contributed by atoms with Gasteiger partial charge >= 0.3 is 0 Å². The SMILES string of the molecule is CCN1CCN(C(=O)c2csc(CN(Cc3ccc(F)cc3)Cc3ccc(F)cc3)n2)CC1. The predicted octanol–water partition coefficient (Wildman–Crippen LogP) is 4.40. The molecule has 1 saturated heterocycles. The Morgan fingerprint density at radius 1 is 0.909 bits per heavy atom. The molecule has 0 spiro atoms. The zero-order valence-corrected chi connectivity index (χ0v) is 19.5. The first-order valence-electron chi connectivity index (χ1n) is 11.2. The van der Waals surface area contributed by atoms with Gasteiger partial charge in [0.25, 0.3) is 5.91 Å². The maximum absolute atomic E-state index is 13.3. The number of piperazine rings is 1. The molecule has 0 unspecified atom stereocenters. The number of hydrogen-bond acceptors (Lipinski definition) is 5. The predicted molar refractivity (Wildman–Crippen MR) is 126 cm³/mol. The van der Waals surface area contributed by atoms with E-state index >= 15 is 0 Å². The Morgan fingerprint density at radius 3 is 1.97 bits per heavy atom. The Bertz CT molecular complexity index is 1000. The van der Waals surface area contributed by atoms with Crippen molar-refractivity contribution in [2.75, 3.05) is 32.7 Å². The molecule has 0 saturated carbocycles. The number of halogens is 2. The first kappa shape index (κ1) is 23.5. The molecule has 0 atom stereocenters. The van der Waals surface area contributed by atoms with E-state index in [0.717, 1.165) is 48.9 Å². The largest absolute Gasteiger partial charge is 0.335 e. The number of carbonyl (C=O) groups is 1. The third-order valence-electron chi connectivity index (χ3n) is 5.88. The van der Waals surface area contributed by atoms with Crippen molar-refractivity contribution in [1.29, 1.82) is 0 Å². The molecule has 2 aromatic carbocycles. The summed E-state index contributed by atoms with van der Waals surface area (Å²) in [6, 6.07) is 12.8. The van der Waals surface area contributed by atoms with Gasteiger partial charge < -0.3 is 9.80 Å². The van der Waals surface area contributed by atoms with Crippen LogP contribution in [0.2, 0.25) is 0 Å². The van der Waals surface area contributed by atoms with Crippen molar-refractivity contribution in [3.8, 4) is 0 Å². The lowest BCUT2D eigenvalue weighted by molar-refractivity contribution is 0.0638. The molecule has 0 radical (unpaired) electrons. The van der Waals surface area contributed by atoms with Crippen LogP contribution in [-0.4, -0.2) is 58.3 Å². The number of hydrogen-bond donors (Lipinski definition) is 0. The van der Waals surface area contributed by atoms with E-state index in [1.165, 1.54) is 35.6 Å². The molecule has 1 amide bonds. The maximum atomic E-state index is 13.3. The Morgan fingerprint density at radius 2 is 1.45 bits per heavy atom. The summed E-state index contributed by atoms with van der Waals surface area (Å²) >= 11 is 1.47. The van der Waals surface area contributed by atoms with Crippen LogP contribution >= 0.6 is 11.3 Å². The number of carbonyl (C=O) groups excluding carboxylic acids is 1. The fourth-order valence-electron chi connectivity index (χ4n) is 3.97. The van der Waals surface area contributed by atoms with Crippen LogP contribution < -0.4 is 0 Å². The molecule has 8 heteroatoms. The van der Waals surface area contributed by atoms with Gasteiger partial charge in [-0.15, -0.1) is 11.3 Å². The first-order valence-corrected chi connectivity index (χ1v) is 12.1. The minimum atomic E-state index is -0.272. The van der Waals surface area contributed by atoms with Crippen LogP contribution in [0.25, 0.3) is 0 Å². The topological polar surface area (TPSA) is 39.7 Å². The molecule has 4 rings (SSSR count). The van der Waals surface area contributed by atoms with E-state index in [9.17, 15) is 13.6 Å². The maximum Gasteiger partial charge on any atom is 0.273 e. The van der Waals surface area contributed by atoms with Gasteiger partial charge in [0.05, 0.1) is 6.54 Å². The second-order valence-electron chi connectivity index (χ2n) is 8.25. The van der Waals surface area contributed by atoms with E-state index in [-0.39, 0.29) is 17.5 Å². The standard InChI is InChI=1S/C25H28F2N4OS/c1-2-29-11-13-31(14-12-29)25(32)23-18-33-24(28-23)17-30(15-19-3-7-21(26)8-4-19)16-20-5-9-22(27)10-6-20/h3-10,18H,2,11-17H2,1H3. The van der Waals surface area contributed by atoms with E-state index < -0.39 is 0 Å². The van der Waals surface area contributed by atoms with E-state index in [2.05, 4.69) is 21.7 Å². The van der Waals surface area contributed by atoms with Gasteiger partial charge in [-0.2, -0.15) is 0 Å². The van der Waals surface area contributed by atoms with Crippen LogP contribution in [0.1, 0.15) is 33.5 Å². The highest BCUT2D eigenvalue weighted by molar-refractivity contribution is 7.09. The van der Waals surface area contributed by atoms with Crippen LogP contribution in [0.15, 0.2) is 53.9 Å². The lowest BCUT2D eigenvalue weighted by atomic mass is 10.1. The quantitative estimate of drug-likeness (QED) is 0.489. The van der Waals surface area contributed by atoms with Crippen LogP contribution in [0.4, 0.5) is 8.78 Å². The molecule has 0 bridgehead atoms. The third-order valence-corrected chi connectivity index (χ3v) is 6.71. The fraction of sp³-hybridized carbons (Fsp3) is 0.360. The number of aromatic nitrogens is 1. The van der Waals surface area contributed by atoms with Crippen molar-refractivity contribution in [2.45, 2.75) is 26.6 Å². The molecule has 0 aliphatic carbocycles. The highest BCUT2D eigenvalue weighted by atomic mass is 32.1. The Labute approximate surface area is 197 Å². The molecular weight excluding hydrogens is 442 g/mol. The smallest absolute Gasteiger partial charge is 0.273 e. The highest BCUT2D eigenvalue weighted by Crippen LogP contribution is 2.19. The van der Waals surface area contributed by atoms with Crippen LogP contribution in [0.5, 0.6) is 0 Å².